The first-order chi connectivity index (χ1) is 22.3. The number of hydrogen-bond donors (Lipinski definition) is 0. The molecule has 0 spiro atoms. The first-order valence-corrected chi connectivity index (χ1v) is 15.8. The number of benzene rings is 5. The second kappa shape index (κ2) is 9.36. The molecule has 4 nitrogen and oxygen atoms in total. The molecule has 5 heterocycles. The highest BCUT2D eigenvalue weighted by Crippen LogP contribution is 2.40. The van der Waals surface area contributed by atoms with Crippen LogP contribution in [0.2, 0.25) is 0 Å². The highest BCUT2D eigenvalue weighted by molar-refractivity contribution is 7.26. The van der Waals surface area contributed by atoms with Gasteiger partial charge in [-0.15, -0.1) is 11.3 Å². The van der Waals surface area contributed by atoms with Gasteiger partial charge in [-0.1, -0.05) is 66.7 Å². The van der Waals surface area contributed by atoms with Crippen LogP contribution in [0.5, 0.6) is 0 Å². The van der Waals surface area contributed by atoms with Crippen LogP contribution < -0.4 is 0 Å². The van der Waals surface area contributed by atoms with E-state index in [1.165, 1.54) is 36.5 Å². The maximum Gasteiger partial charge on any atom is 0.153 e. The number of nitrogens with zero attached hydrogens (tertiary/aromatic N) is 3. The highest BCUT2D eigenvalue weighted by atomic mass is 32.1. The zero-order chi connectivity index (χ0) is 29.5. The van der Waals surface area contributed by atoms with Crippen LogP contribution in [-0.2, 0) is 0 Å². The molecule has 0 saturated carbocycles. The van der Waals surface area contributed by atoms with Gasteiger partial charge < -0.3 is 8.98 Å². The molecule has 0 saturated heterocycles. The average molecular weight is 594 g/mol. The van der Waals surface area contributed by atoms with E-state index in [1.54, 1.807) is 0 Å². The molecule has 0 fully saturated rings. The average Bonchev–Trinajstić information content (AvgIpc) is 3.77. The van der Waals surface area contributed by atoms with Crippen molar-refractivity contribution < 1.29 is 4.42 Å². The van der Waals surface area contributed by atoms with Crippen molar-refractivity contribution in [3.8, 4) is 28.2 Å². The number of rotatable bonds is 3. The molecule has 0 unspecified atom stereocenters. The van der Waals surface area contributed by atoms with Crippen LogP contribution in [0.25, 0.3) is 92.2 Å². The molecule has 5 aromatic carbocycles. The molecule has 0 bridgehead atoms. The Morgan fingerprint density at radius 2 is 1.38 bits per heavy atom. The lowest BCUT2D eigenvalue weighted by molar-refractivity contribution is 0.668. The van der Waals surface area contributed by atoms with Crippen molar-refractivity contribution >= 4 is 75.4 Å². The predicted molar refractivity (Wildman–Crippen MR) is 187 cm³/mol. The zero-order valence-corrected chi connectivity index (χ0v) is 24.8. The van der Waals surface area contributed by atoms with Crippen LogP contribution in [0, 0.1) is 0 Å². The van der Waals surface area contributed by atoms with E-state index >= 15 is 0 Å². The summed E-state index contributed by atoms with van der Waals surface area (Å²) in [5, 5.41) is 5.99. The standard InChI is InChI=1S/C40H23N3OS/c1-3-14-34-26(8-1)30-22-24(17-19-35(30)43(34)25-18-20-36-31(23-25)39-37(44-36)15-7-21-41-39)32-12-6-13-33(42-32)29-11-5-10-28-27-9-2-4-16-38(27)45-40(28)29/h1-23H. The molecule has 0 N–H and O–H groups in total. The van der Waals surface area contributed by atoms with Gasteiger partial charge >= 0.3 is 0 Å². The summed E-state index contributed by atoms with van der Waals surface area (Å²) in [5.74, 6) is 0. The molecule has 5 heteroatoms. The number of para-hydroxylation sites is 1. The molecule has 45 heavy (non-hydrogen) atoms. The van der Waals surface area contributed by atoms with Crippen molar-refractivity contribution in [1.29, 1.82) is 0 Å². The Morgan fingerprint density at radius 1 is 0.556 bits per heavy atom. The first kappa shape index (κ1) is 24.6. The summed E-state index contributed by atoms with van der Waals surface area (Å²) >= 11 is 1.84. The quantitative estimate of drug-likeness (QED) is 0.205. The van der Waals surface area contributed by atoms with E-state index in [9.17, 15) is 0 Å². The number of hydrogen-bond acceptors (Lipinski definition) is 4. The Bertz CT molecular complexity index is 2780. The lowest BCUT2D eigenvalue weighted by atomic mass is 10.0. The van der Waals surface area contributed by atoms with E-state index in [4.69, 9.17) is 9.40 Å². The SMILES string of the molecule is c1cc(-c2ccc3c(c2)c2ccccc2n3-c2ccc3oc4cccnc4c3c2)nc(-c2cccc3c2sc2ccccc23)c1. The number of pyridine rings is 2. The fraction of sp³-hybridized carbons (Fsp3) is 0. The van der Waals surface area contributed by atoms with Gasteiger partial charge in [0.05, 0.1) is 22.4 Å². The van der Waals surface area contributed by atoms with Gasteiger partial charge in [0, 0.05) is 59.3 Å². The minimum absolute atomic E-state index is 0.801. The Balaban J connectivity index is 1.14. The topological polar surface area (TPSA) is 43.9 Å². The lowest BCUT2D eigenvalue weighted by Gasteiger charge is -2.09. The molecule has 0 radical (unpaired) electrons. The summed E-state index contributed by atoms with van der Waals surface area (Å²) in [5.41, 5.74) is 10.1. The van der Waals surface area contributed by atoms with Crippen LogP contribution in [-0.4, -0.2) is 14.5 Å². The van der Waals surface area contributed by atoms with E-state index in [2.05, 4.69) is 125 Å². The Labute approximate surface area is 261 Å². The monoisotopic (exact) mass is 593 g/mol. The fourth-order valence-corrected chi connectivity index (χ4v) is 8.05. The van der Waals surface area contributed by atoms with E-state index < -0.39 is 0 Å². The Kier molecular flexibility index (Phi) is 5.12. The van der Waals surface area contributed by atoms with Crippen LogP contribution in [0.15, 0.2) is 144 Å². The van der Waals surface area contributed by atoms with E-state index in [0.29, 0.717) is 0 Å². The van der Waals surface area contributed by atoms with Crippen LogP contribution >= 0.6 is 11.3 Å². The highest BCUT2D eigenvalue weighted by Gasteiger charge is 2.17. The molecule has 0 aliphatic rings. The molecule has 10 aromatic rings. The van der Waals surface area contributed by atoms with Gasteiger partial charge in [-0.3, -0.25) is 4.98 Å². The minimum atomic E-state index is 0.801. The third-order valence-electron chi connectivity index (χ3n) is 8.86. The van der Waals surface area contributed by atoms with Crippen LogP contribution in [0.3, 0.4) is 0 Å². The molecule has 5 aromatic heterocycles. The third kappa shape index (κ3) is 3.65. The summed E-state index contributed by atoms with van der Waals surface area (Å²) in [6, 6.07) is 47.1. The number of fused-ring (bicyclic) bond motifs is 9. The molecule has 210 valence electrons. The molecular weight excluding hydrogens is 571 g/mol. The molecule has 0 atom stereocenters. The molecule has 10 rings (SSSR count). The Hall–Kier alpha value is -5.78. The van der Waals surface area contributed by atoms with E-state index in [0.717, 1.165) is 55.7 Å². The summed E-state index contributed by atoms with van der Waals surface area (Å²) in [4.78, 5) is 9.83. The van der Waals surface area contributed by atoms with Crippen molar-refractivity contribution in [2.24, 2.45) is 0 Å². The Morgan fingerprint density at radius 3 is 2.36 bits per heavy atom. The minimum Gasteiger partial charge on any atom is -0.454 e. The van der Waals surface area contributed by atoms with Gasteiger partial charge in [-0.25, -0.2) is 4.98 Å². The van der Waals surface area contributed by atoms with Crippen LogP contribution in [0.4, 0.5) is 0 Å². The van der Waals surface area contributed by atoms with Gasteiger partial charge in [-0.05, 0) is 66.7 Å². The van der Waals surface area contributed by atoms with Crippen molar-refractivity contribution in [2.75, 3.05) is 0 Å². The van der Waals surface area contributed by atoms with Gasteiger partial charge in [0.2, 0.25) is 0 Å². The van der Waals surface area contributed by atoms with Gasteiger partial charge in [0.25, 0.3) is 0 Å². The van der Waals surface area contributed by atoms with Gasteiger partial charge in [0.1, 0.15) is 11.1 Å². The third-order valence-corrected chi connectivity index (χ3v) is 10.1. The normalized spacial score (nSPS) is 12.0. The summed E-state index contributed by atoms with van der Waals surface area (Å²) in [6.45, 7) is 0. The first-order valence-electron chi connectivity index (χ1n) is 15.0. The van der Waals surface area contributed by atoms with Gasteiger partial charge in [0.15, 0.2) is 5.58 Å². The largest absolute Gasteiger partial charge is 0.454 e. The van der Waals surface area contributed by atoms with Crippen molar-refractivity contribution in [1.82, 2.24) is 14.5 Å². The maximum atomic E-state index is 6.07. The maximum absolute atomic E-state index is 6.07. The smallest absolute Gasteiger partial charge is 0.153 e. The molecular formula is C40H23N3OS. The van der Waals surface area contributed by atoms with Gasteiger partial charge in [-0.2, -0.15) is 0 Å². The van der Waals surface area contributed by atoms with E-state index in [1.807, 2.05) is 35.7 Å². The molecule has 0 aliphatic heterocycles. The van der Waals surface area contributed by atoms with Crippen LogP contribution in [0.1, 0.15) is 0 Å². The lowest BCUT2D eigenvalue weighted by Crippen LogP contribution is -1.93. The fourth-order valence-electron chi connectivity index (χ4n) is 6.83. The molecule has 0 amide bonds. The second-order valence-corrected chi connectivity index (χ2v) is 12.5. The summed E-state index contributed by atoms with van der Waals surface area (Å²) < 4.78 is 11.0. The van der Waals surface area contributed by atoms with Crippen molar-refractivity contribution in [3.63, 3.8) is 0 Å². The number of aromatic nitrogens is 3. The predicted octanol–water partition coefficient (Wildman–Crippen LogP) is 11.2. The summed E-state index contributed by atoms with van der Waals surface area (Å²) in [6.07, 6.45) is 1.82. The zero-order valence-electron chi connectivity index (χ0n) is 23.9. The van der Waals surface area contributed by atoms with E-state index in [-0.39, 0.29) is 0 Å². The number of thiophene rings is 1. The van der Waals surface area contributed by atoms with Crippen molar-refractivity contribution in [2.45, 2.75) is 0 Å². The molecule has 0 aliphatic carbocycles. The van der Waals surface area contributed by atoms with Crippen molar-refractivity contribution in [3.05, 3.63) is 140 Å². The summed E-state index contributed by atoms with van der Waals surface area (Å²) in [7, 11) is 0. The second-order valence-electron chi connectivity index (χ2n) is 11.4. The number of furan rings is 1.